The molecule has 3 heteroatoms. The van der Waals surface area contributed by atoms with E-state index in [2.05, 4.69) is 24.0 Å². The third-order valence-corrected chi connectivity index (χ3v) is 6.64. The Morgan fingerprint density at radius 3 is 2.79 bits per heavy atom. The molecule has 2 saturated heterocycles. The maximum Gasteiger partial charge on any atom is 0.0795 e. The molecule has 1 spiro atoms. The van der Waals surface area contributed by atoms with Crippen LogP contribution in [-0.2, 0) is 4.74 Å². The molecule has 0 aromatic carbocycles. The Balaban J connectivity index is 1.51. The average Bonchev–Trinajstić information content (AvgIpc) is 2.88. The second kappa shape index (κ2) is 6.36. The predicted octanol–water partition coefficient (Wildman–Crippen LogP) is 3.60. The lowest BCUT2D eigenvalue weighted by atomic mass is 9.83. The van der Waals surface area contributed by atoms with Crippen LogP contribution in [0.15, 0.2) is 0 Å². The zero-order valence-corrected chi connectivity index (χ0v) is 13.1. The minimum Gasteiger partial charge on any atom is -0.374 e. The molecule has 3 atom stereocenters. The van der Waals surface area contributed by atoms with Crippen molar-refractivity contribution in [2.24, 2.45) is 5.92 Å². The number of hydrogen-bond donors (Lipinski definition) is 1. The predicted molar refractivity (Wildman–Crippen MR) is 82.8 cm³/mol. The van der Waals surface area contributed by atoms with Crippen LogP contribution in [0.1, 0.15) is 58.3 Å². The zero-order chi connectivity index (χ0) is 13.1. The van der Waals surface area contributed by atoms with Crippen molar-refractivity contribution in [3.05, 3.63) is 0 Å². The molecule has 3 aliphatic rings. The largest absolute Gasteiger partial charge is 0.374 e. The highest BCUT2D eigenvalue weighted by molar-refractivity contribution is 7.99. The van der Waals surface area contributed by atoms with E-state index in [1.807, 2.05) is 0 Å². The molecule has 0 amide bonds. The Hall–Kier alpha value is 0.270. The van der Waals surface area contributed by atoms with E-state index in [1.54, 1.807) is 0 Å². The first-order valence-electron chi connectivity index (χ1n) is 8.25. The molecule has 2 nitrogen and oxygen atoms in total. The van der Waals surface area contributed by atoms with Crippen molar-refractivity contribution < 1.29 is 4.74 Å². The van der Waals surface area contributed by atoms with E-state index in [-0.39, 0.29) is 5.60 Å². The Kier molecular flexibility index (Phi) is 4.76. The van der Waals surface area contributed by atoms with Crippen LogP contribution in [0.5, 0.6) is 0 Å². The van der Waals surface area contributed by atoms with Crippen LogP contribution in [0.3, 0.4) is 0 Å². The zero-order valence-electron chi connectivity index (χ0n) is 12.3. The molecular weight excluding hydrogens is 254 g/mol. The van der Waals surface area contributed by atoms with Crippen molar-refractivity contribution in [1.29, 1.82) is 0 Å². The van der Waals surface area contributed by atoms with Crippen LogP contribution in [0.4, 0.5) is 0 Å². The fourth-order valence-corrected chi connectivity index (χ4v) is 5.55. The van der Waals surface area contributed by atoms with Gasteiger partial charge in [0.2, 0.25) is 0 Å². The summed E-state index contributed by atoms with van der Waals surface area (Å²) < 4.78 is 6.12. The molecular formula is C16H29NOS. The summed E-state index contributed by atoms with van der Waals surface area (Å²) in [7, 11) is 0. The molecule has 2 aliphatic heterocycles. The van der Waals surface area contributed by atoms with Gasteiger partial charge in [-0.15, -0.1) is 0 Å². The molecule has 110 valence electrons. The summed E-state index contributed by atoms with van der Waals surface area (Å²) in [6, 6.07) is 1.40. The fourth-order valence-electron chi connectivity index (χ4n) is 4.18. The van der Waals surface area contributed by atoms with Crippen molar-refractivity contribution in [1.82, 2.24) is 5.32 Å². The van der Waals surface area contributed by atoms with Crippen LogP contribution < -0.4 is 5.32 Å². The number of rotatable bonds is 3. The highest BCUT2D eigenvalue weighted by atomic mass is 32.2. The van der Waals surface area contributed by atoms with E-state index in [0.29, 0.717) is 12.1 Å². The highest BCUT2D eigenvalue weighted by Crippen LogP contribution is 2.38. The summed E-state index contributed by atoms with van der Waals surface area (Å²) in [4.78, 5) is 0. The topological polar surface area (TPSA) is 21.3 Å². The number of nitrogens with one attached hydrogen (secondary N) is 1. The lowest BCUT2D eigenvalue weighted by Crippen LogP contribution is -2.50. The van der Waals surface area contributed by atoms with E-state index in [4.69, 9.17) is 4.74 Å². The Bertz CT molecular complexity index is 284. The summed E-state index contributed by atoms with van der Waals surface area (Å²) >= 11 is 2.08. The van der Waals surface area contributed by atoms with Gasteiger partial charge in [0.05, 0.1) is 5.60 Å². The average molecular weight is 283 g/mol. The van der Waals surface area contributed by atoms with Crippen LogP contribution in [-0.4, -0.2) is 35.8 Å². The molecule has 0 bridgehead atoms. The molecule has 19 heavy (non-hydrogen) atoms. The van der Waals surface area contributed by atoms with Crippen molar-refractivity contribution in [2.45, 2.75) is 76.0 Å². The molecule has 0 aromatic heterocycles. The van der Waals surface area contributed by atoms with E-state index in [1.165, 1.54) is 62.9 Å². The minimum atomic E-state index is 0.229. The van der Waals surface area contributed by atoms with Gasteiger partial charge in [-0.3, -0.25) is 0 Å². The van der Waals surface area contributed by atoms with Crippen LogP contribution >= 0.6 is 11.8 Å². The monoisotopic (exact) mass is 283 g/mol. The Morgan fingerprint density at radius 1 is 1.21 bits per heavy atom. The summed E-state index contributed by atoms with van der Waals surface area (Å²) in [5.74, 6) is 3.44. The van der Waals surface area contributed by atoms with Crippen molar-refractivity contribution in [3.63, 3.8) is 0 Å². The smallest absolute Gasteiger partial charge is 0.0795 e. The lowest BCUT2D eigenvalue weighted by Gasteiger charge is -2.40. The standard InChI is InChI=1S/C16H29NOS/c1-13(14-5-3-2-4-6-14)17-15-7-9-18-16(11-15)8-10-19-12-16/h13-15,17H,2-12H2,1H3/t13-,15?,16?/m1/s1. The molecule has 1 aliphatic carbocycles. The summed E-state index contributed by atoms with van der Waals surface area (Å²) in [5, 5.41) is 3.95. The molecule has 1 saturated carbocycles. The van der Waals surface area contributed by atoms with Crippen molar-refractivity contribution in [3.8, 4) is 0 Å². The van der Waals surface area contributed by atoms with Gasteiger partial charge in [-0.05, 0) is 50.7 Å². The quantitative estimate of drug-likeness (QED) is 0.855. The normalized spacial score (nSPS) is 38.7. The highest BCUT2D eigenvalue weighted by Gasteiger charge is 2.40. The summed E-state index contributed by atoms with van der Waals surface area (Å²) in [6.45, 7) is 3.39. The van der Waals surface area contributed by atoms with Gasteiger partial charge in [0.15, 0.2) is 0 Å². The SMILES string of the molecule is C[C@@H](NC1CCOC2(CCSC2)C1)C1CCCCC1. The van der Waals surface area contributed by atoms with E-state index < -0.39 is 0 Å². The first kappa shape index (κ1) is 14.2. The van der Waals surface area contributed by atoms with E-state index >= 15 is 0 Å². The van der Waals surface area contributed by atoms with E-state index in [0.717, 1.165) is 12.5 Å². The van der Waals surface area contributed by atoms with E-state index in [9.17, 15) is 0 Å². The van der Waals surface area contributed by atoms with Gasteiger partial charge in [-0.25, -0.2) is 0 Å². The maximum atomic E-state index is 6.12. The van der Waals surface area contributed by atoms with Gasteiger partial charge >= 0.3 is 0 Å². The maximum absolute atomic E-state index is 6.12. The van der Waals surface area contributed by atoms with Crippen LogP contribution in [0.2, 0.25) is 0 Å². The third kappa shape index (κ3) is 3.48. The first-order chi connectivity index (χ1) is 9.27. The first-order valence-corrected chi connectivity index (χ1v) is 9.41. The summed E-state index contributed by atoms with van der Waals surface area (Å²) in [5.41, 5.74) is 0.229. The van der Waals surface area contributed by atoms with Crippen molar-refractivity contribution >= 4 is 11.8 Å². The van der Waals surface area contributed by atoms with Gasteiger partial charge in [0.25, 0.3) is 0 Å². The minimum absolute atomic E-state index is 0.229. The molecule has 2 unspecified atom stereocenters. The summed E-state index contributed by atoms with van der Waals surface area (Å²) in [6.07, 6.45) is 11.0. The molecule has 0 aromatic rings. The molecule has 3 fully saturated rings. The van der Waals surface area contributed by atoms with Gasteiger partial charge < -0.3 is 10.1 Å². The molecule has 0 radical (unpaired) electrons. The second-order valence-electron chi connectivity index (χ2n) is 6.88. The third-order valence-electron chi connectivity index (χ3n) is 5.42. The molecule has 2 heterocycles. The molecule has 1 N–H and O–H groups in total. The number of thioether (sulfide) groups is 1. The Morgan fingerprint density at radius 2 is 2.05 bits per heavy atom. The number of ether oxygens (including phenoxy) is 1. The second-order valence-corrected chi connectivity index (χ2v) is 7.98. The van der Waals surface area contributed by atoms with Gasteiger partial charge in [0.1, 0.15) is 0 Å². The molecule has 3 rings (SSSR count). The number of hydrogen-bond acceptors (Lipinski definition) is 3. The van der Waals surface area contributed by atoms with Gasteiger partial charge in [-0.2, -0.15) is 11.8 Å². The van der Waals surface area contributed by atoms with Gasteiger partial charge in [0, 0.05) is 24.4 Å². The van der Waals surface area contributed by atoms with Gasteiger partial charge in [-0.1, -0.05) is 19.3 Å². The Labute approximate surface area is 122 Å². The fraction of sp³-hybridized carbons (Fsp3) is 1.00. The van der Waals surface area contributed by atoms with Crippen LogP contribution in [0, 0.1) is 5.92 Å². The van der Waals surface area contributed by atoms with Crippen molar-refractivity contribution in [2.75, 3.05) is 18.1 Å². The lowest BCUT2D eigenvalue weighted by molar-refractivity contribution is -0.0720. The van der Waals surface area contributed by atoms with Crippen LogP contribution in [0.25, 0.3) is 0 Å².